The molecule has 0 saturated carbocycles. The number of benzene rings is 1. The highest BCUT2D eigenvalue weighted by Gasteiger charge is 2.35. The van der Waals surface area contributed by atoms with Crippen LogP contribution in [0.25, 0.3) is 11.1 Å². The molecule has 0 amide bonds. The first-order chi connectivity index (χ1) is 12.1. The lowest BCUT2D eigenvalue weighted by atomic mass is 9.99. The van der Waals surface area contributed by atoms with Crippen LogP contribution in [0.5, 0.6) is 5.75 Å². The third-order valence-electron chi connectivity index (χ3n) is 3.82. The van der Waals surface area contributed by atoms with E-state index < -0.39 is 17.7 Å². The Labute approximate surface area is 155 Å². The van der Waals surface area contributed by atoms with Crippen LogP contribution in [0.2, 0.25) is 5.02 Å². The number of aromatic nitrogens is 1. The monoisotopic (exact) mass is 389 g/mol. The standard InChI is InChI=1S/C19H20ClF4NO/c1-11(2)6-12(3)10-26-17-5-4-13(7-15(17)19(22,23)24)14-8-18(21)25-9-16(14)20/h4-5,7-9,11-12H,6,10H2,1-3H3/t12-/m0/s1. The molecule has 0 aliphatic rings. The van der Waals surface area contributed by atoms with E-state index in [0.29, 0.717) is 5.92 Å². The summed E-state index contributed by atoms with van der Waals surface area (Å²) >= 11 is 5.95. The van der Waals surface area contributed by atoms with Crippen molar-refractivity contribution in [2.45, 2.75) is 33.4 Å². The maximum Gasteiger partial charge on any atom is 0.419 e. The van der Waals surface area contributed by atoms with Crippen molar-refractivity contribution in [3.63, 3.8) is 0 Å². The Kier molecular flexibility index (Phi) is 6.50. The minimum Gasteiger partial charge on any atom is -0.493 e. The summed E-state index contributed by atoms with van der Waals surface area (Å²) in [5, 5.41) is 0.0683. The molecule has 7 heteroatoms. The second-order valence-electron chi connectivity index (χ2n) is 6.74. The summed E-state index contributed by atoms with van der Waals surface area (Å²) < 4.78 is 59.2. The van der Waals surface area contributed by atoms with Crippen LogP contribution in [0.4, 0.5) is 17.6 Å². The molecule has 26 heavy (non-hydrogen) atoms. The van der Waals surface area contributed by atoms with Gasteiger partial charge in [-0.2, -0.15) is 17.6 Å². The Morgan fingerprint density at radius 3 is 2.46 bits per heavy atom. The van der Waals surface area contributed by atoms with Gasteiger partial charge in [-0.3, -0.25) is 0 Å². The number of nitrogens with zero attached hydrogens (tertiary/aromatic N) is 1. The van der Waals surface area contributed by atoms with E-state index in [-0.39, 0.29) is 34.4 Å². The van der Waals surface area contributed by atoms with Gasteiger partial charge < -0.3 is 4.74 Å². The van der Waals surface area contributed by atoms with Crippen molar-refractivity contribution in [2.24, 2.45) is 11.8 Å². The number of hydrogen-bond donors (Lipinski definition) is 0. The Morgan fingerprint density at radius 1 is 1.15 bits per heavy atom. The number of alkyl halides is 3. The molecular formula is C19H20ClF4NO. The van der Waals surface area contributed by atoms with E-state index in [2.05, 4.69) is 4.98 Å². The van der Waals surface area contributed by atoms with Gasteiger partial charge in [-0.15, -0.1) is 0 Å². The fourth-order valence-electron chi connectivity index (χ4n) is 2.78. The molecule has 0 radical (unpaired) electrons. The number of rotatable bonds is 6. The topological polar surface area (TPSA) is 22.1 Å². The highest BCUT2D eigenvalue weighted by Crippen LogP contribution is 2.40. The first-order valence-electron chi connectivity index (χ1n) is 8.23. The van der Waals surface area contributed by atoms with E-state index in [0.717, 1.165) is 24.8 Å². The minimum atomic E-state index is -4.61. The van der Waals surface area contributed by atoms with Crippen molar-refractivity contribution >= 4 is 11.6 Å². The van der Waals surface area contributed by atoms with Crippen LogP contribution in [0, 0.1) is 17.8 Å². The van der Waals surface area contributed by atoms with Gasteiger partial charge in [0.1, 0.15) is 5.75 Å². The maximum absolute atomic E-state index is 13.5. The molecule has 1 heterocycles. The summed E-state index contributed by atoms with van der Waals surface area (Å²) in [7, 11) is 0. The van der Waals surface area contributed by atoms with Crippen molar-refractivity contribution in [2.75, 3.05) is 6.61 Å². The second kappa shape index (κ2) is 8.25. The van der Waals surface area contributed by atoms with Crippen molar-refractivity contribution < 1.29 is 22.3 Å². The number of pyridine rings is 1. The quantitative estimate of drug-likeness (QED) is 0.409. The van der Waals surface area contributed by atoms with E-state index >= 15 is 0 Å². The van der Waals surface area contributed by atoms with Crippen LogP contribution in [0.15, 0.2) is 30.5 Å². The van der Waals surface area contributed by atoms with Gasteiger partial charge in [0.15, 0.2) is 0 Å². The fourth-order valence-corrected chi connectivity index (χ4v) is 3.00. The smallest absolute Gasteiger partial charge is 0.419 e. The van der Waals surface area contributed by atoms with Crippen LogP contribution in [0.3, 0.4) is 0 Å². The predicted molar refractivity (Wildman–Crippen MR) is 93.8 cm³/mol. The Balaban J connectivity index is 2.35. The van der Waals surface area contributed by atoms with Crippen LogP contribution in [0.1, 0.15) is 32.8 Å². The van der Waals surface area contributed by atoms with Gasteiger partial charge in [0.25, 0.3) is 0 Å². The minimum absolute atomic E-state index is 0.0683. The zero-order valence-electron chi connectivity index (χ0n) is 14.7. The lowest BCUT2D eigenvalue weighted by molar-refractivity contribution is -0.139. The van der Waals surface area contributed by atoms with Crippen molar-refractivity contribution in [1.82, 2.24) is 4.98 Å². The van der Waals surface area contributed by atoms with E-state index in [1.807, 2.05) is 20.8 Å². The molecule has 142 valence electrons. The molecule has 0 spiro atoms. The third-order valence-corrected chi connectivity index (χ3v) is 4.12. The van der Waals surface area contributed by atoms with E-state index in [9.17, 15) is 17.6 Å². The SMILES string of the molecule is CC(C)C[C@H](C)COc1ccc(-c2cc(F)ncc2Cl)cc1C(F)(F)F. The summed E-state index contributed by atoms with van der Waals surface area (Å²) in [6.07, 6.45) is -2.69. The van der Waals surface area contributed by atoms with Crippen LogP contribution in [-0.2, 0) is 6.18 Å². The van der Waals surface area contributed by atoms with E-state index in [1.165, 1.54) is 12.1 Å². The van der Waals surface area contributed by atoms with E-state index in [1.54, 1.807) is 0 Å². The molecule has 0 fully saturated rings. The van der Waals surface area contributed by atoms with Gasteiger partial charge in [-0.1, -0.05) is 38.4 Å². The fraction of sp³-hybridized carbons (Fsp3) is 0.421. The predicted octanol–water partition coefficient (Wildman–Crippen LogP) is 6.62. The highest BCUT2D eigenvalue weighted by molar-refractivity contribution is 6.33. The van der Waals surface area contributed by atoms with Gasteiger partial charge >= 0.3 is 6.18 Å². The lowest BCUT2D eigenvalue weighted by Crippen LogP contribution is -2.14. The van der Waals surface area contributed by atoms with Crippen LogP contribution < -0.4 is 4.74 Å². The third kappa shape index (κ3) is 5.34. The Bertz CT molecular complexity index is 762. The molecule has 0 N–H and O–H groups in total. The molecular weight excluding hydrogens is 370 g/mol. The normalized spacial score (nSPS) is 13.1. The molecule has 0 aliphatic heterocycles. The van der Waals surface area contributed by atoms with Crippen LogP contribution in [-0.4, -0.2) is 11.6 Å². The van der Waals surface area contributed by atoms with Gasteiger partial charge in [0.2, 0.25) is 5.95 Å². The summed E-state index contributed by atoms with van der Waals surface area (Å²) in [5.41, 5.74) is -0.629. The highest BCUT2D eigenvalue weighted by atomic mass is 35.5. The first-order valence-corrected chi connectivity index (χ1v) is 8.61. The molecule has 0 bridgehead atoms. The first kappa shape index (κ1) is 20.5. The maximum atomic E-state index is 13.5. The van der Waals surface area contributed by atoms with Crippen molar-refractivity contribution in [3.05, 3.63) is 47.0 Å². The molecule has 2 aromatic rings. The van der Waals surface area contributed by atoms with Gasteiger partial charge in [-0.05, 0) is 36.0 Å². The average molecular weight is 390 g/mol. The zero-order chi connectivity index (χ0) is 19.5. The molecule has 2 rings (SSSR count). The second-order valence-corrected chi connectivity index (χ2v) is 7.15. The molecule has 1 atom stereocenters. The average Bonchev–Trinajstić information content (AvgIpc) is 2.53. The molecule has 0 aliphatic carbocycles. The summed E-state index contributed by atoms with van der Waals surface area (Å²) in [6, 6.07) is 4.60. The van der Waals surface area contributed by atoms with Crippen molar-refractivity contribution in [3.8, 4) is 16.9 Å². The number of ether oxygens (including phenoxy) is 1. The lowest BCUT2D eigenvalue weighted by Gasteiger charge is -2.19. The number of halogens is 5. The summed E-state index contributed by atoms with van der Waals surface area (Å²) in [5.74, 6) is -0.510. The molecule has 2 nitrogen and oxygen atoms in total. The van der Waals surface area contributed by atoms with Gasteiger partial charge in [0.05, 0.1) is 17.2 Å². The molecule has 1 aromatic carbocycles. The molecule has 1 aromatic heterocycles. The van der Waals surface area contributed by atoms with Gasteiger partial charge in [0, 0.05) is 17.8 Å². The Morgan fingerprint density at radius 2 is 1.85 bits per heavy atom. The summed E-state index contributed by atoms with van der Waals surface area (Å²) in [6.45, 7) is 6.21. The van der Waals surface area contributed by atoms with Crippen LogP contribution >= 0.6 is 11.6 Å². The van der Waals surface area contributed by atoms with Gasteiger partial charge in [-0.25, -0.2) is 4.98 Å². The summed E-state index contributed by atoms with van der Waals surface area (Å²) in [4.78, 5) is 3.38. The zero-order valence-corrected chi connectivity index (χ0v) is 15.5. The molecule has 0 saturated heterocycles. The molecule has 0 unspecified atom stereocenters. The van der Waals surface area contributed by atoms with E-state index in [4.69, 9.17) is 16.3 Å². The Hall–Kier alpha value is -1.82. The largest absolute Gasteiger partial charge is 0.493 e. The number of hydrogen-bond acceptors (Lipinski definition) is 2. The van der Waals surface area contributed by atoms with Crippen molar-refractivity contribution in [1.29, 1.82) is 0 Å².